The second-order valence-corrected chi connectivity index (χ2v) is 4.02. The van der Waals surface area contributed by atoms with Crippen LogP contribution in [0.1, 0.15) is 37.8 Å². The largest absolute Gasteiger partial charge is 0.0654 e. The Balaban J connectivity index is 2.58. The van der Waals surface area contributed by atoms with Crippen molar-refractivity contribution in [2.24, 2.45) is 5.92 Å². The third kappa shape index (κ3) is 3.22. The van der Waals surface area contributed by atoms with Crippen LogP contribution in [0.15, 0.2) is 24.3 Å². The fraction of sp³-hybridized carbons (Fsp3) is 0.538. The van der Waals surface area contributed by atoms with Gasteiger partial charge in [0.25, 0.3) is 0 Å². The van der Waals surface area contributed by atoms with Gasteiger partial charge < -0.3 is 0 Å². The molecule has 0 aromatic heterocycles. The molecule has 0 saturated carbocycles. The van der Waals surface area contributed by atoms with Crippen molar-refractivity contribution < 1.29 is 0 Å². The second kappa shape index (κ2) is 5.06. The maximum atomic E-state index is 2.34. The van der Waals surface area contributed by atoms with E-state index in [0.29, 0.717) is 0 Å². The summed E-state index contributed by atoms with van der Waals surface area (Å²) in [5.74, 6) is 0.825. The summed E-state index contributed by atoms with van der Waals surface area (Å²) in [6.45, 7) is 6.80. The van der Waals surface area contributed by atoms with E-state index in [-0.39, 0.29) is 0 Å². The van der Waals surface area contributed by atoms with Crippen molar-refractivity contribution in [1.82, 2.24) is 0 Å². The Hall–Kier alpha value is -0.780. The molecule has 0 nitrogen and oxygen atoms in total. The van der Waals surface area contributed by atoms with Crippen molar-refractivity contribution in [2.75, 3.05) is 0 Å². The van der Waals surface area contributed by atoms with E-state index in [4.69, 9.17) is 0 Å². The third-order valence-corrected chi connectivity index (χ3v) is 2.61. The minimum Gasteiger partial charge on any atom is -0.0654 e. The first kappa shape index (κ1) is 10.3. The van der Waals surface area contributed by atoms with Crippen LogP contribution in [0, 0.1) is 12.8 Å². The van der Waals surface area contributed by atoms with E-state index in [0.717, 1.165) is 5.92 Å². The number of hydrogen-bond acceptors (Lipinski definition) is 0. The Morgan fingerprint density at radius 1 is 1.23 bits per heavy atom. The van der Waals surface area contributed by atoms with E-state index in [1.54, 1.807) is 0 Å². The molecular weight excluding hydrogens is 156 g/mol. The predicted molar refractivity (Wildman–Crippen MR) is 59.0 cm³/mol. The maximum absolute atomic E-state index is 2.34. The number of rotatable bonds is 4. The van der Waals surface area contributed by atoms with Gasteiger partial charge in [0.1, 0.15) is 0 Å². The first-order valence-electron chi connectivity index (χ1n) is 5.28. The average molecular weight is 176 g/mol. The summed E-state index contributed by atoms with van der Waals surface area (Å²) in [4.78, 5) is 0. The molecule has 0 unspecified atom stereocenters. The van der Waals surface area contributed by atoms with Crippen LogP contribution in [0.5, 0.6) is 0 Å². The molecule has 0 aliphatic rings. The van der Waals surface area contributed by atoms with Crippen molar-refractivity contribution in [1.29, 1.82) is 0 Å². The van der Waals surface area contributed by atoms with Crippen LogP contribution < -0.4 is 0 Å². The summed E-state index contributed by atoms with van der Waals surface area (Å²) in [5.41, 5.74) is 2.95. The van der Waals surface area contributed by atoms with Gasteiger partial charge in [-0.15, -0.1) is 0 Å². The van der Waals surface area contributed by atoms with E-state index < -0.39 is 0 Å². The summed E-state index contributed by atoms with van der Waals surface area (Å²) in [6, 6.07) is 8.71. The van der Waals surface area contributed by atoms with Gasteiger partial charge in [0, 0.05) is 0 Å². The molecule has 0 amide bonds. The molecule has 0 aliphatic heterocycles. The Kier molecular flexibility index (Phi) is 4.01. The highest BCUT2D eigenvalue weighted by Crippen LogP contribution is 2.16. The summed E-state index contributed by atoms with van der Waals surface area (Å²) in [7, 11) is 0. The highest BCUT2D eigenvalue weighted by Gasteiger charge is 2.03. The molecule has 1 atom stereocenters. The van der Waals surface area contributed by atoms with E-state index >= 15 is 0 Å². The van der Waals surface area contributed by atoms with Gasteiger partial charge in [-0.25, -0.2) is 0 Å². The zero-order chi connectivity index (χ0) is 9.68. The summed E-state index contributed by atoms with van der Waals surface area (Å²) < 4.78 is 0. The Morgan fingerprint density at radius 2 is 1.92 bits per heavy atom. The van der Waals surface area contributed by atoms with E-state index in [1.165, 1.54) is 30.4 Å². The molecule has 13 heavy (non-hydrogen) atoms. The van der Waals surface area contributed by atoms with Crippen molar-refractivity contribution >= 4 is 0 Å². The van der Waals surface area contributed by atoms with Crippen molar-refractivity contribution in [3.8, 4) is 0 Å². The van der Waals surface area contributed by atoms with Crippen LogP contribution >= 0.6 is 0 Å². The van der Waals surface area contributed by atoms with Gasteiger partial charge in [-0.3, -0.25) is 0 Å². The Labute approximate surface area is 82.0 Å². The minimum atomic E-state index is 0.825. The molecule has 72 valence electrons. The highest BCUT2D eigenvalue weighted by atomic mass is 14.1. The molecule has 0 N–H and O–H groups in total. The van der Waals surface area contributed by atoms with Gasteiger partial charge in [0.2, 0.25) is 0 Å². The molecule has 0 spiro atoms. The molecule has 1 aromatic rings. The van der Waals surface area contributed by atoms with Crippen molar-refractivity contribution in [3.63, 3.8) is 0 Å². The van der Waals surface area contributed by atoms with Crippen LogP contribution in [0.3, 0.4) is 0 Å². The monoisotopic (exact) mass is 176 g/mol. The molecule has 1 rings (SSSR count). The molecule has 0 fully saturated rings. The van der Waals surface area contributed by atoms with E-state index in [2.05, 4.69) is 45.0 Å². The highest BCUT2D eigenvalue weighted by molar-refractivity contribution is 5.25. The molecule has 0 heteroatoms. The van der Waals surface area contributed by atoms with Crippen molar-refractivity contribution in [2.45, 2.75) is 40.0 Å². The van der Waals surface area contributed by atoms with Gasteiger partial charge in [-0.05, 0) is 30.4 Å². The van der Waals surface area contributed by atoms with Crippen LogP contribution in [-0.2, 0) is 6.42 Å². The predicted octanol–water partition coefficient (Wildman–Crippen LogP) is 3.97. The fourth-order valence-corrected chi connectivity index (χ4v) is 1.81. The van der Waals surface area contributed by atoms with Crippen LogP contribution in [-0.4, -0.2) is 0 Å². The SMILES string of the molecule is CCC[C@H](C)Cc1ccccc1C. The number of benzene rings is 1. The minimum absolute atomic E-state index is 0.825. The fourth-order valence-electron chi connectivity index (χ4n) is 1.81. The lowest BCUT2D eigenvalue weighted by Crippen LogP contribution is -2.00. The topological polar surface area (TPSA) is 0 Å². The molecule has 0 saturated heterocycles. The third-order valence-electron chi connectivity index (χ3n) is 2.61. The van der Waals surface area contributed by atoms with Crippen LogP contribution in [0.4, 0.5) is 0 Å². The molecule has 1 aromatic carbocycles. The first-order chi connectivity index (χ1) is 6.24. The lowest BCUT2D eigenvalue weighted by Gasteiger charge is -2.11. The maximum Gasteiger partial charge on any atom is -0.0250 e. The zero-order valence-electron chi connectivity index (χ0n) is 9.01. The molecule has 0 radical (unpaired) electrons. The standard InChI is InChI=1S/C13H20/c1-4-7-11(2)10-13-9-6-5-8-12(13)3/h5-6,8-9,11H,4,7,10H2,1-3H3/t11-/m0/s1. The Morgan fingerprint density at radius 3 is 2.54 bits per heavy atom. The summed E-state index contributed by atoms with van der Waals surface area (Å²) in [6.07, 6.45) is 3.88. The number of aryl methyl sites for hydroxylation is 1. The van der Waals surface area contributed by atoms with Gasteiger partial charge in [-0.1, -0.05) is 51.0 Å². The Bertz CT molecular complexity index is 250. The first-order valence-corrected chi connectivity index (χ1v) is 5.28. The number of hydrogen-bond donors (Lipinski definition) is 0. The van der Waals surface area contributed by atoms with Gasteiger partial charge in [0.05, 0.1) is 0 Å². The lowest BCUT2D eigenvalue weighted by molar-refractivity contribution is 0.521. The van der Waals surface area contributed by atoms with Crippen LogP contribution in [0.2, 0.25) is 0 Å². The van der Waals surface area contributed by atoms with Gasteiger partial charge in [0.15, 0.2) is 0 Å². The molecular formula is C13H20. The van der Waals surface area contributed by atoms with Crippen LogP contribution in [0.25, 0.3) is 0 Å². The van der Waals surface area contributed by atoms with Gasteiger partial charge >= 0.3 is 0 Å². The van der Waals surface area contributed by atoms with E-state index in [1.807, 2.05) is 0 Å². The molecule has 0 aliphatic carbocycles. The van der Waals surface area contributed by atoms with Crippen molar-refractivity contribution in [3.05, 3.63) is 35.4 Å². The quantitative estimate of drug-likeness (QED) is 0.651. The zero-order valence-corrected chi connectivity index (χ0v) is 9.01. The van der Waals surface area contributed by atoms with Gasteiger partial charge in [-0.2, -0.15) is 0 Å². The van der Waals surface area contributed by atoms with E-state index in [9.17, 15) is 0 Å². The lowest BCUT2D eigenvalue weighted by atomic mass is 9.94. The average Bonchev–Trinajstić information content (AvgIpc) is 2.09. The smallest absolute Gasteiger partial charge is 0.0250 e. The summed E-state index contributed by atoms with van der Waals surface area (Å²) >= 11 is 0. The molecule has 0 bridgehead atoms. The normalized spacial score (nSPS) is 12.8. The molecule has 0 heterocycles. The second-order valence-electron chi connectivity index (χ2n) is 4.02. The summed E-state index contributed by atoms with van der Waals surface area (Å²) in [5, 5.41) is 0.